The molecule has 0 atom stereocenters. The van der Waals surface area contributed by atoms with Crippen molar-refractivity contribution in [2.24, 2.45) is 0 Å². The second kappa shape index (κ2) is 8.47. The predicted octanol–water partition coefficient (Wildman–Crippen LogP) is 4.18. The molecule has 3 rings (SSSR count). The molecule has 0 aliphatic heterocycles. The smallest absolute Gasteiger partial charge is 0.178 e. The molecule has 0 bridgehead atoms. The maximum absolute atomic E-state index is 12.6. The maximum Gasteiger partial charge on any atom is 0.178 e. The average molecular weight is 368 g/mol. The standard InChI is InChI=1S/C22H25NO2S/c1-23(16-14-19-8-3-2-4-9-19)15-7-17-26(24,25)22-13-12-20-10-5-6-11-21(20)18-22/h2-6,8-13,18H,7,14-17H2,1H3. The van der Waals surface area contributed by atoms with Gasteiger partial charge >= 0.3 is 0 Å². The van der Waals surface area contributed by atoms with Crippen molar-refractivity contribution in [2.45, 2.75) is 17.7 Å². The molecule has 0 saturated carbocycles. The lowest BCUT2D eigenvalue weighted by molar-refractivity contribution is 0.339. The summed E-state index contributed by atoms with van der Waals surface area (Å²) in [5.74, 6) is 0.182. The van der Waals surface area contributed by atoms with Crippen LogP contribution < -0.4 is 0 Å². The highest BCUT2D eigenvalue weighted by Gasteiger charge is 2.15. The first kappa shape index (κ1) is 18.6. The molecule has 0 aliphatic carbocycles. The number of likely N-dealkylation sites (N-methyl/N-ethyl adjacent to an activating group) is 1. The van der Waals surface area contributed by atoms with Crippen LogP contribution in [-0.2, 0) is 16.3 Å². The minimum atomic E-state index is -3.24. The van der Waals surface area contributed by atoms with E-state index in [0.29, 0.717) is 11.3 Å². The van der Waals surface area contributed by atoms with Gasteiger partial charge in [0.2, 0.25) is 0 Å². The Hall–Kier alpha value is -2.17. The molecule has 0 heterocycles. The third-order valence-electron chi connectivity index (χ3n) is 4.66. The number of hydrogen-bond acceptors (Lipinski definition) is 3. The molecule has 0 N–H and O–H groups in total. The molecule has 0 aliphatic rings. The highest BCUT2D eigenvalue weighted by atomic mass is 32.2. The van der Waals surface area contributed by atoms with Crippen molar-refractivity contribution >= 4 is 20.6 Å². The molecule has 4 heteroatoms. The van der Waals surface area contributed by atoms with Crippen molar-refractivity contribution in [2.75, 3.05) is 25.9 Å². The minimum Gasteiger partial charge on any atom is -0.306 e. The van der Waals surface area contributed by atoms with Crippen LogP contribution in [0.2, 0.25) is 0 Å². The SMILES string of the molecule is CN(CCCS(=O)(=O)c1ccc2ccccc2c1)CCc1ccccc1. The summed E-state index contributed by atoms with van der Waals surface area (Å²) in [5, 5.41) is 2.03. The Morgan fingerprint density at radius 2 is 1.50 bits per heavy atom. The van der Waals surface area contributed by atoms with Crippen LogP contribution in [0.4, 0.5) is 0 Å². The summed E-state index contributed by atoms with van der Waals surface area (Å²) in [6.45, 7) is 1.71. The molecule has 0 unspecified atom stereocenters. The van der Waals surface area contributed by atoms with E-state index in [9.17, 15) is 8.42 Å². The first-order chi connectivity index (χ1) is 12.5. The van der Waals surface area contributed by atoms with Gasteiger partial charge in [0.05, 0.1) is 10.6 Å². The fraction of sp³-hybridized carbons (Fsp3) is 0.273. The van der Waals surface area contributed by atoms with E-state index in [1.807, 2.05) is 55.6 Å². The summed E-state index contributed by atoms with van der Waals surface area (Å²) in [4.78, 5) is 2.62. The van der Waals surface area contributed by atoms with Crippen molar-refractivity contribution in [1.29, 1.82) is 0 Å². The first-order valence-electron chi connectivity index (χ1n) is 8.99. The molecule has 0 radical (unpaired) electrons. The molecule has 0 saturated heterocycles. The molecular formula is C22H25NO2S. The van der Waals surface area contributed by atoms with Crippen LogP contribution in [0.15, 0.2) is 77.7 Å². The van der Waals surface area contributed by atoms with Crippen molar-refractivity contribution < 1.29 is 8.42 Å². The van der Waals surface area contributed by atoms with E-state index in [2.05, 4.69) is 17.0 Å². The van der Waals surface area contributed by atoms with Crippen LogP contribution in [0.5, 0.6) is 0 Å². The van der Waals surface area contributed by atoms with Gasteiger partial charge < -0.3 is 4.90 Å². The molecule has 0 amide bonds. The van der Waals surface area contributed by atoms with Crippen LogP contribution in [0.25, 0.3) is 10.8 Å². The van der Waals surface area contributed by atoms with Crippen LogP contribution in [-0.4, -0.2) is 39.2 Å². The normalized spacial score (nSPS) is 11.9. The fourth-order valence-corrected chi connectivity index (χ4v) is 4.41. The second-order valence-corrected chi connectivity index (χ2v) is 8.83. The van der Waals surface area contributed by atoms with Gasteiger partial charge in [-0.25, -0.2) is 8.42 Å². The van der Waals surface area contributed by atoms with Crippen LogP contribution in [0.1, 0.15) is 12.0 Å². The molecular weight excluding hydrogens is 342 g/mol. The lowest BCUT2D eigenvalue weighted by Gasteiger charge is -2.16. The van der Waals surface area contributed by atoms with Crippen LogP contribution >= 0.6 is 0 Å². The Morgan fingerprint density at radius 3 is 2.27 bits per heavy atom. The van der Waals surface area contributed by atoms with Gasteiger partial charge in [-0.2, -0.15) is 0 Å². The van der Waals surface area contributed by atoms with Gasteiger partial charge in [-0.15, -0.1) is 0 Å². The zero-order valence-corrected chi connectivity index (χ0v) is 16.0. The summed E-state index contributed by atoms with van der Waals surface area (Å²) in [6.07, 6.45) is 1.62. The Morgan fingerprint density at radius 1 is 0.808 bits per heavy atom. The predicted molar refractivity (Wildman–Crippen MR) is 108 cm³/mol. The van der Waals surface area contributed by atoms with E-state index < -0.39 is 9.84 Å². The molecule has 3 aromatic carbocycles. The summed E-state index contributed by atoms with van der Waals surface area (Å²) in [5.41, 5.74) is 1.31. The van der Waals surface area contributed by atoms with Crippen molar-refractivity contribution in [1.82, 2.24) is 4.90 Å². The molecule has 3 nitrogen and oxygen atoms in total. The third-order valence-corrected chi connectivity index (χ3v) is 6.46. The van der Waals surface area contributed by atoms with Crippen molar-refractivity contribution in [3.05, 3.63) is 78.4 Å². The van der Waals surface area contributed by atoms with Gasteiger partial charge in [0.25, 0.3) is 0 Å². The first-order valence-corrected chi connectivity index (χ1v) is 10.6. The minimum absolute atomic E-state index is 0.182. The summed E-state index contributed by atoms with van der Waals surface area (Å²) in [7, 11) is -1.19. The zero-order valence-electron chi connectivity index (χ0n) is 15.1. The van der Waals surface area contributed by atoms with E-state index in [0.717, 1.165) is 30.3 Å². The van der Waals surface area contributed by atoms with Gasteiger partial charge in [0, 0.05) is 6.54 Å². The Balaban J connectivity index is 1.52. The quantitative estimate of drug-likeness (QED) is 0.599. The molecule has 0 aromatic heterocycles. The molecule has 26 heavy (non-hydrogen) atoms. The van der Waals surface area contributed by atoms with E-state index in [4.69, 9.17) is 0 Å². The molecule has 136 valence electrons. The molecule has 0 spiro atoms. The number of hydrogen-bond donors (Lipinski definition) is 0. The maximum atomic E-state index is 12.6. The van der Waals surface area contributed by atoms with Crippen molar-refractivity contribution in [3.8, 4) is 0 Å². The van der Waals surface area contributed by atoms with Crippen LogP contribution in [0, 0.1) is 0 Å². The third kappa shape index (κ3) is 4.93. The lowest BCUT2D eigenvalue weighted by atomic mass is 10.1. The highest BCUT2D eigenvalue weighted by molar-refractivity contribution is 7.91. The monoisotopic (exact) mass is 367 g/mol. The lowest BCUT2D eigenvalue weighted by Crippen LogP contribution is -2.24. The fourth-order valence-electron chi connectivity index (χ4n) is 3.08. The van der Waals surface area contributed by atoms with Gasteiger partial charge in [0.1, 0.15) is 0 Å². The Kier molecular flexibility index (Phi) is 6.07. The largest absolute Gasteiger partial charge is 0.306 e. The van der Waals surface area contributed by atoms with E-state index in [1.165, 1.54) is 5.56 Å². The van der Waals surface area contributed by atoms with E-state index >= 15 is 0 Å². The second-order valence-electron chi connectivity index (χ2n) is 6.72. The van der Waals surface area contributed by atoms with Gasteiger partial charge in [-0.3, -0.25) is 0 Å². The van der Waals surface area contributed by atoms with Crippen LogP contribution in [0.3, 0.4) is 0 Å². The topological polar surface area (TPSA) is 37.4 Å². The number of nitrogens with zero attached hydrogens (tertiary/aromatic N) is 1. The average Bonchev–Trinajstić information content (AvgIpc) is 2.66. The van der Waals surface area contributed by atoms with Gasteiger partial charge in [-0.1, -0.05) is 60.7 Å². The summed E-state index contributed by atoms with van der Waals surface area (Å²) >= 11 is 0. The molecule has 0 fully saturated rings. The highest BCUT2D eigenvalue weighted by Crippen LogP contribution is 2.20. The molecule has 3 aromatic rings. The number of rotatable bonds is 8. The number of fused-ring (bicyclic) bond motifs is 1. The Labute approximate surface area is 156 Å². The zero-order chi connectivity index (χ0) is 18.4. The summed E-state index contributed by atoms with van der Waals surface area (Å²) < 4.78 is 25.2. The van der Waals surface area contributed by atoms with Gasteiger partial charge in [-0.05, 0) is 54.9 Å². The number of benzene rings is 3. The summed E-state index contributed by atoms with van der Waals surface area (Å²) in [6, 6.07) is 23.6. The van der Waals surface area contributed by atoms with Crippen molar-refractivity contribution in [3.63, 3.8) is 0 Å². The number of sulfone groups is 1. The van der Waals surface area contributed by atoms with Gasteiger partial charge in [0.15, 0.2) is 9.84 Å². The van der Waals surface area contributed by atoms with E-state index in [-0.39, 0.29) is 5.75 Å². The Bertz CT molecular complexity index is 952. The van der Waals surface area contributed by atoms with E-state index in [1.54, 1.807) is 12.1 Å².